The standard InChI is InChI=1S/C20H20FN3O2/c21-19-17(7-4-9-22-19)16-8-10-23(13-16)20(25)24-11-12-26-18(14-24)15-5-2-1-3-6-15/h1-2,4-5,7,9,11-12,14,16H,3,6,8,10,13H2. The Bertz CT molecular complexity index is 828. The molecule has 0 spiro atoms. The zero-order chi connectivity index (χ0) is 17.9. The van der Waals surface area contributed by atoms with Crippen molar-refractivity contribution < 1.29 is 13.9 Å². The van der Waals surface area contributed by atoms with Gasteiger partial charge in [-0.25, -0.2) is 9.78 Å². The van der Waals surface area contributed by atoms with Gasteiger partial charge in [-0.1, -0.05) is 24.3 Å². The average molecular weight is 353 g/mol. The van der Waals surface area contributed by atoms with Crippen molar-refractivity contribution in [1.82, 2.24) is 14.8 Å². The van der Waals surface area contributed by atoms with Crippen molar-refractivity contribution >= 4 is 6.03 Å². The molecule has 0 aromatic carbocycles. The fourth-order valence-corrected chi connectivity index (χ4v) is 3.51. The minimum absolute atomic E-state index is 0.0210. The van der Waals surface area contributed by atoms with Crippen LogP contribution in [0.2, 0.25) is 0 Å². The van der Waals surface area contributed by atoms with Gasteiger partial charge in [-0.2, -0.15) is 4.39 Å². The highest BCUT2D eigenvalue weighted by atomic mass is 19.1. The van der Waals surface area contributed by atoms with E-state index in [1.54, 1.807) is 34.3 Å². The maximum atomic E-state index is 13.9. The van der Waals surface area contributed by atoms with Crippen molar-refractivity contribution in [2.24, 2.45) is 0 Å². The summed E-state index contributed by atoms with van der Waals surface area (Å²) in [7, 11) is 0. The largest absolute Gasteiger partial charge is 0.462 e. The van der Waals surface area contributed by atoms with Gasteiger partial charge in [-0.3, -0.25) is 4.90 Å². The molecule has 134 valence electrons. The fraction of sp³-hybridized carbons (Fsp3) is 0.300. The van der Waals surface area contributed by atoms with Gasteiger partial charge in [0.1, 0.15) is 12.0 Å². The van der Waals surface area contributed by atoms with E-state index in [9.17, 15) is 9.18 Å². The van der Waals surface area contributed by atoms with E-state index in [0.29, 0.717) is 24.4 Å². The molecule has 1 aliphatic carbocycles. The Labute approximate surface area is 151 Å². The molecule has 0 N–H and O–H groups in total. The summed E-state index contributed by atoms with van der Waals surface area (Å²) >= 11 is 0. The number of carbonyl (C=O) groups is 1. The van der Waals surface area contributed by atoms with E-state index in [-0.39, 0.29) is 11.9 Å². The molecular weight excluding hydrogens is 333 g/mol. The number of pyridine rings is 1. The first-order chi connectivity index (χ1) is 12.7. The number of hydrogen-bond donors (Lipinski definition) is 0. The first-order valence-electron chi connectivity index (χ1n) is 8.81. The molecule has 1 aromatic rings. The Hall–Kier alpha value is -2.89. The summed E-state index contributed by atoms with van der Waals surface area (Å²) in [4.78, 5) is 19.9. The second-order valence-corrected chi connectivity index (χ2v) is 6.56. The highest BCUT2D eigenvalue weighted by molar-refractivity contribution is 5.77. The summed E-state index contributed by atoms with van der Waals surface area (Å²) in [5.41, 5.74) is 1.65. The van der Waals surface area contributed by atoms with Crippen LogP contribution in [0.1, 0.15) is 30.7 Å². The molecule has 0 bridgehead atoms. The topological polar surface area (TPSA) is 45.7 Å². The Morgan fingerprint density at radius 3 is 3.12 bits per heavy atom. The third-order valence-corrected chi connectivity index (χ3v) is 4.91. The molecule has 1 atom stereocenters. The van der Waals surface area contributed by atoms with Gasteiger partial charge in [0, 0.05) is 37.0 Å². The number of likely N-dealkylation sites (tertiary alicyclic amines) is 1. The molecule has 26 heavy (non-hydrogen) atoms. The molecule has 1 aromatic heterocycles. The van der Waals surface area contributed by atoms with Crippen LogP contribution in [0.15, 0.2) is 66.6 Å². The summed E-state index contributed by atoms with van der Waals surface area (Å²) in [6.07, 6.45) is 15.0. The lowest BCUT2D eigenvalue weighted by atomic mass is 10.0. The smallest absolute Gasteiger partial charge is 0.328 e. The molecule has 1 saturated heterocycles. The Morgan fingerprint density at radius 2 is 2.31 bits per heavy atom. The van der Waals surface area contributed by atoms with Crippen LogP contribution in [-0.2, 0) is 4.74 Å². The fourth-order valence-electron chi connectivity index (χ4n) is 3.51. The zero-order valence-electron chi connectivity index (χ0n) is 14.3. The van der Waals surface area contributed by atoms with Crippen molar-refractivity contribution in [2.75, 3.05) is 13.1 Å². The number of halogens is 1. The third-order valence-electron chi connectivity index (χ3n) is 4.91. The zero-order valence-corrected chi connectivity index (χ0v) is 14.3. The van der Waals surface area contributed by atoms with Crippen LogP contribution < -0.4 is 0 Å². The second-order valence-electron chi connectivity index (χ2n) is 6.56. The molecule has 1 unspecified atom stereocenters. The van der Waals surface area contributed by atoms with Gasteiger partial charge in [-0.15, -0.1) is 0 Å². The highest BCUT2D eigenvalue weighted by Crippen LogP contribution is 2.30. The minimum atomic E-state index is -0.447. The second kappa shape index (κ2) is 7.15. The maximum Gasteiger partial charge on any atom is 0.328 e. The van der Waals surface area contributed by atoms with Crippen LogP contribution in [-0.4, -0.2) is 33.9 Å². The van der Waals surface area contributed by atoms with Gasteiger partial charge >= 0.3 is 6.03 Å². The monoisotopic (exact) mass is 353 g/mol. The van der Waals surface area contributed by atoms with Crippen LogP contribution in [0.25, 0.3) is 0 Å². The summed E-state index contributed by atoms with van der Waals surface area (Å²) in [5.74, 6) is 0.226. The number of allylic oxidation sites excluding steroid dienone is 4. The number of nitrogens with zero attached hydrogens (tertiary/aromatic N) is 3. The normalized spacial score (nSPS) is 22.1. The van der Waals surface area contributed by atoms with Crippen molar-refractivity contribution in [1.29, 1.82) is 0 Å². The molecule has 2 amide bonds. The Balaban J connectivity index is 1.46. The molecule has 3 aliphatic rings. The number of hydrogen-bond acceptors (Lipinski definition) is 3. The van der Waals surface area contributed by atoms with E-state index in [0.717, 1.165) is 24.8 Å². The van der Waals surface area contributed by atoms with Gasteiger partial charge in [0.15, 0.2) is 0 Å². The van der Waals surface area contributed by atoms with Gasteiger partial charge in [-0.05, 0) is 30.9 Å². The minimum Gasteiger partial charge on any atom is -0.462 e. The molecule has 6 heteroatoms. The molecular formula is C20H20FN3O2. The van der Waals surface area contributed by atoms with E-state index in [1.807, 2.05) is 12.2 Å². The number of aromatic nitrogens is 1. The van der Waals surface area contributed by atoms with E-state index in [1.165, 1.54) is 12.5 Å². The first-order valence-corrected chi connectivity index (χ1v) is 8.81. The molecule has 4 rings (SSSR count). The molecule has 3 heterocycles. The number of urea groups is 1. The Kier molecular flexibility index (Phi) is 4.56. The van der Waals surface area contributed by atoms with Crippen LogP contribution in [0, 0.1) is 5.95 Å². The van der Waals surface area contributed by atoms with Gasteiger partial charge < -0.3 is 9.64 Å². The quantitative estimate of drug-likeness (QED) is 0.754. The number of amides is 2. The SMILES string of the molecule is O=C(N1C=COC(C2=CC=CCC2)=C1)N1CCC(c2cccnc2F)C1. The van der Waals surface area contributed by atoms with Crippen molar-refractivity contribution in [2.45, 2.75) is 25.2 Å². The first kappa shape index (κ1) is 16.6. The van der Waals surface area contributed by atoms with E-state index >= 15 is 0 Å². The molecule has 0 radical (unpaired) electrons. The van der Waals surface area contributed by atoms with E-state index in [2.05, 4.69) is 11.1 Å². The molecule has 5 nitrogen and oxygen atoms in total. The average Bonchev–Trinajstić information content (AvgIpc) is 3.18. The van der Waals surface area contributed by atoms with Crippen LogP contribution >= 0.6 is 0 Å². The van der Waals surface area contributed by atoms with E-state index in [4.69, 9.17) is 4.74 Å². The maximum absolute atomic E-state index is 13.9. The summed E-state index contributed by atoms with van der Waals surface area (Å²) in [6.45, 7) is 1.08. The van der Waals surface area contributed by atoms with Gasteiger partial charge in [0.25, 0.3) is 0 Å². The molecule has 1 fully saturated rings. The van der Waals surface area contributed by atoms with Crippen LogP contribution in [0.3, 0.4) is 0 Å². The van der Waals surface area contributed by atoms with Crippen LogP contribution in [0.4, 0.5) is 9.18 Å². The Morgan fingerprint density at radius 1 is 1.38 bits per heavy atom. The van der Waals surface area contributed by atoms with E-state index < -0.39 is 5.95 Å². The van der Waals surface area contributed by atoms with Gasteiger partial charge in [0.05, 0.1) is 6.20 Å². The summed E-state index contributed by atoms with van der Waals surface area (Å²) in [5, 5.41) is 0. The lowest BCUT2D eigenvalue weighted by Crippen LogP contribution is -2.37. The predicted octanol–water partition coefficient (Wildman–Crippen LogP) is 4.05. The lowest BCUT2D eigenvalue weighted by Gasteiger charge is -2.26. The summed E-state index contributed by atoms with van der Waals surface area (Å²) in [6, 6.07) is 3.35. The lowest BCUT2D eigenvalue weighted by molar-refractivity contribution is 0.185. The van der Waals surface area contributed by atoms with Crippen molar-refractivity contribution in [3.05, 3.63) is 78.1 Å². The highest BCUT2D eigenvalue weighted by Gasteiger charge is 2.31. The van der Waals surface area contributed by atoms with Gasteiger partial charge in [0.2, 0.25) is 5.95 Å². The predicted molar refractivity (Wildman–Crippen MR) is 95.1 cm³/mol. The third kappa shape index (κ3) is 3.27. The van der Waals surface area contributed by atoms with Crippen molar-refractivity contribution in [3.8, 4) is 0 Å². The number of rotatable bonds is 2. The molecule has 2 aliphatic heterocycles. The van der Waals surface area contributed by atoms with Crippen molar-refractivity contribution in [3.63, 3.8) is 0 Å². The van der Waals surface area contributed by atoms with Crippen LogP contribution in [0.5, 0.6) is 0 Å². The number of carbonyl (C=O) groups excluding carboxylic acids is 1. The molecule has 0 saturated carbocycles. The number of ether oxygens (including phenoxy) is 1. The summed E-state index contributed by atoms with van der Waals surface area (Å²) < 4.78 is 19.5.